The minimum atomic E-state index is 0.330. The zero-order chi connectivity index (χ0) is 14.5. The van der Waals surface area contributed by atoms with Crippen molar-refractivity contribution in [2.45, 2.75) is 64.0 Å². The molecule has 0 amide bonds. The van der Waals surface area contributed by atoms with Crippen molar-refractivity contribution in [1.82, 2.24) is 5.32 Å². The Kier molecular flexibility index (Phi) is 5.32. The molecule has 2 aliphatic rings. The summed E-state index contributed by atoms with van der Waals surface area (Å²) in [5.41, 5.74) is 2.93. The van der Waals surface area contributed by atoms with Crippen LogP contribution in [0.4, 0.5) is 0 Å². The predicted octanol–water partition coefficient (Wildman–Crippen LogP) is 4.25. The van der Waals surface area contributed by atoms with Crippen molar-refractivity contribution in [3.05, 3.63) is 35.4 Å². The van der Waals surface area contributed by atoms with Gasteiger partial charge in [-0.15, -0.1) is 0 Å². The third-order valence-corrected chi connectivity index (χ3v) is 5.07. The van der Waals surface area contributed by atoms with Gasteiger partial charge in [0.2, 0.25) is 0 Å². The van der Waals surface area contributed by atoms with Crippen LogP contribution in [0.15, 0.2) is 24.3 Å². The van der Waals surface area contributed by atoms with Gasteiger partial charge in [0.05, 0.1) is 12.1 Å². The molecule has 0 radical (unpaired) electrons. The second-order valence-corrected chi connectivity index (χ2v) is 6.71. The molecule has 1 N–H and O–H groups in total. The number of rotatable bonds is 6. The van der Waals surface area contributed by atoms with Gasteiger partial charge in [-0.2, -0.15) is 0 Å². The first-order valence-corrected chi connectivity index (χ1v) is 8.81. The maximum absolute atomic E-state index is 6.37. The monoisotopic (exact) mass is 287 g/mol. The van der Waals surface area contributed by atoms with E-state index in [1.807, 2.05) is 0 Å². The van der Waals surface area contributed by atoms with Crippen LogP contribution in [-0.2, 0) is 11.2 Å². The second kappa shape index (κ2) is 7.42. The van der Waals surface area contributed by atoms with E-state index >= 15 is 0 Å². The molecule has 116 valence electrons. The van der Waals surface area contributed by atoms with Crippen LogP contribution >= 0.6 is 0 Å². The molecule has 0 bridgehead atoms. The summed E-state index contributed by atoms with van der Waals surface area (Å²) in [6.45, 7) is 4.26. The highest BCUT2D eigenvalue weighted by Crippen LogP contribution is 2.34. The Morgan fingerprint density at radius 1 is 1.14 bits per heavy atom. The van der Waals surface area contributed by atoms with Gasteiger partial charge in [0.1, 0.15) is 0 Å². The maximum atomic E-state index is 6.37. The van der Waals surface area contributed by atoms with Crippen LogP contribution in [0.3, 0.4) is 0 Å². The Balaban J connectivity index is 1.61. The summed E-state index contributed by atoms with van der Waals surface area (Å²) >= 11 is 0. The zero-order valence-corrected chi connectivity index (χ0v) is 13.3. The molecule has 0 saturated heterocycles. The van der Waals surface area contributed by atoms with E-state index < -0.39 is 0 Å². The fourth-order valence-corrected chi connectivity index (χ4v) is 3.87. The van der Waals surface area contributed by atoms with Crippen LogP contribution in [0.2, 0.25) is 0 Å². The molecule has 1 aromatic rings. The molecule has 0 heterocycles. The van der Waals surface area contributed by atoms with Crippen molar-refractivity contribution in [3.63, 3.8) is 0 Å². The molecule has 21 heavy (non-hydrogen) atoms. The Morgan fingerprint density at radius 3 is 2.76 bits per heavy atom. The van der Waals surface area contributed by atoms with E-state index in [-0.39, 0.29) is 0 Å². The van der Waals surface area contributed by atoms with Crippen molar-refractivity contribution >= 4 is 0 Å². The molecule has 1 saturated carbocycles. The number of hydrogen-bond acceptors (Lipinski definition) is 2. The first-order chi connectivity index (χ1) is 10.4. The van der Waals surface area contributed by atoms with E-state index in [0.29, 0.717) is 12.1 Å². The van der Waals surface area contributed by atoms with Crippen LogP contribution < -0.4 is 5.32 Å². The summed E-state index contributed by atoms with van der Waals surface area (Å²) in [6, 6.07) is 9.24. The minimum Gasteiger partial charge on any atom is -0.376 e. The van der Waals surface area contributed by atoms with E-state index in [9.17, 15) is 0 Å². The maximum Gasteiger partial charge on any atom is 0.0810 e. The minimum absolute atomic E-state index is 0.330. The summed E-state index contributed by atoms with van der Waals surface area (Å²) < 4.78 is 6.37. The van der Waals surface area contributed by atoms with Gasteiger partial charge < -0.3 is 10.1 Å². The Morgan fingerprint density at radius 2 is 1.95 bits per heavy atom. The highest BCUT2D eigenvalue weighted by atomic mass is 16.5. The number of fused-ring (bicyclic) bond motifs is 1. The van der Waals surface area contributed by atoms with E-state index in [0.717, 1.165) is 25.5 Å². The average molecular weight is 287 g/mol. The van der Waals surface area contributed by atoms with Crippen molar-refractivity contribution in [1.29, 1.82) is 0 Å². The summed E-state index contributed by atoms with van der Waals surface area (Å²) in [6.07, 6.45) is 9.53. The molecular formula is C19H29NO. The van der Waals surface area contributed by atoms with Gasteiger partial charge in [-0.3, -0.25) is 0 Å². The molecular weight excluding hydrogens is 258 g/mol. The number of benzene rings is 1. The molecule has 0 spiro atoms. The molecule has 2 nitrogen and oxygen atoms in total. The fraction of sp³-hybridized carbons (Fsp3) is 0.684. The van der Waals surface area contributed by atoms with Gasteiger partial charge >= 0.3 is 0 Å². The van der Waals surface area contributed by atoms with Crippen molar-refractivity contribution < 1.29 is 4.74 Å². The Hall–Kier alpha value is -0.860. The average Bonchev–Trinajstić information content (AvgIpc) is 2.89. The molecule has 0 aromatic heterocycles. The summed E-state index contributed by atoms with van der Waals surface area (Å²) in [5, 5.41) is 3.70. The normalized spacial score (nSPS) is 26.0. The van der Waals surface area contributed by atoms with Gasteiger partial charge in [-0.05, 0) is 42.9 Å². The summed E-state index contributed by atoms with van der Waals surface area (Å²) in [4.78, 5) is 0. The molecule has 3 rings (SSSR count). The van der Waals surface area contributed by atoms with Crippen molar-refractivity contribution in [3.8, 4) is 0 Å². The zero-order valence-electron chi connectivity index (χ0n) is 13.3. The van der Waals surface area contributed by atoms with Crippen LogP contribution in [0, 0.1) is 5.92 Å². The molecule has 1 fully saturated rings. The number of nitrogens with one attached hydrogen (secondary N) is 1. The quantitative estimate of drug-likeness (QED) is 0.844. The lowest BCUT2D eigenvalue weighted by atomic mass is 9.90. The summed E-state index contributed by atoms with van der Waals surface area (Å²) in [7, 11) is 0. The van der Waals surface area contributed by atoms with Crippen LogP contribution in [0.5, 0.6) is 0 Å². The van der Waals surface area contributed by atoms with Crippen molar-refractivity contribution in [2.24, 2.45) is 5.92 Å². The topological polar surface area (TPSA) is 21.3 Å². The third-order valence-electron chi connectivity index (χ3n) is 5.07. The van der Waals surface area contributed by atoms with Crippen LogP contribution in [-0.4, -0.2) is 19.3 Å². The molecule has 1 aromatic carbocycles. The Bertz CT molecular complexity index is 439. The lowest BCUT2D eigenvalue weighted by molar-refractivity contribution is 0.00617. The van der Waals surface area contributed by atoms with Gasteiger partial charge in [0, 0.05) is 13.0 Å². The highest BCUT2D eigenvalue weighted by Gasteiger charge is 2.32. The second-order valence-electron chi connectivity index (χ2n) is 6.71. The van der Waals surface area contributed by atoms with Gasteiger partial charge in [0.25, 0.3) is 0 Å². The molecule has 2 atom stereocenters. The largest absolute Gasteiger partial charge is 0.376 e. The lowest BCUT2D eigenvalue weighted by Crippen LogP contribution is -2.32. The molecule has 2 unspecified atom stereocenters. The van der Waals surface area contributed by atoms with Gasteiger partial charge in [0.15, 0.2) is 0 Å². The van der Waals surface area contributed by atoms with Crippen molar-refractivity contribution in [2.75, 3.05) is 13.2 Å². The smallest absolute Gasteiger partial charge is 0.0810 e. The predicted molar refractivity (Wildman–Crippen MR) is 87.5 cm³/mol. The van der Waals surface area contributed by atoms with E-state index in [4.69, 9.17) is 4.74 Å². The van der Waals surface area contributed by atoms with E-state index in [1.54, 1.807) is 0 Å². The SMILES string of the molecule is CCCNC1c2ccccc2CC1OCC1CCCCC1. The van der Waals surface area contributed by atoms with E-state index in [2.05, 4.69) is 36.5 Å². The summed E-state index contributed by atoms with van der Waals surface area (Å²) in [5.74, 6) is 0.800. The lowest BCUT2D eigenvalue weighted by Gasteiger charge is -2.26. The first kappa shape index (κ1) is 15.1. The standard InChI is InChI=1S/C19H29NO/c1-2-12-20-19-17-11-7-6-10-16(17)13-18(19)21-14-15-8-4-3-5-9-15/h6-7,10-11,15,18-20H,2-5,8-9,12-14H2,1H3. The van der Waals surface area contributed by atoms with Crippen LogP contribution in [0.1, 0.15) is 62.6 Å². The first-order valence-electron chi connectivity index (χ1n) is 8.81. The van der Waals surface area contributed by atoms with Gasteiger partial charge in [-0.1, -0.05) is 50.5 Å². The number of ether oxygens (including phenoxy) is 1. The third kappa shape index (κ3) is 3.67. The van der Waals surface area contributed by atoms with E-state index in [1.165, 1.54) is 49.7 Å². The van der Waals surface area contributed by atoms with Gasteiger partial charge in [-0.25, -0.2) is 0 Å². The fourth-order valence-electron chi connectivity index (χ4n) is 3.87. The highest BCUT2D eigenvalue weighted by molar-refractivity contribution is 5.36. The molecule has 0 aliphatic heterocycles. The molecule has 2 heteroatoms. The number of hydrogen-bond donors (Lipinski definition) is 1. The van der Waals surface area contributed by atoms with Crippen LogP contribution in [0.25, 0.3) is 0 Å². The Labute approximate surface area is 129 Å². The molecule has 2 aliphatic carbocycles.